The van der Waals surface area contributed by atoms with Crippen LogP contribution < -0.4 is 10.6 Å². The van der Waals surface area contributed by atoms with Crippen molar-refractivity contribution < 1.29 is 9.59 Å². The fourth-order valence-electron chi connectivity index (χ4n) is 2.61. The molecule has 0 spiro atoms. The molecule has 0 radical (unpaired) electrons. The number of halogens is 2. The third-order valence-corrected chi connectivity index (χ3v) is 4.71. The predicted octanol–water partition coefficient (Wildman–Crippen LogP) is 2.72. The number of hydrogen-bond donors (Lipinski definition) is 2. The third-order valence-electron chi connectivity index (χ3n) is 3.90. The number of carbonyl (C=O) groups excluding carboxylic acids is 2. The van der Waals surface area contributed by atoms with Crippen LogP contribution in [0, 0.1) is 5.92 Å². The van der Waals surface area contributed by atoms with Crippen molar-refractivity contribution in [1.29, 1.82) is 0 Å². The van der Waals surface area contributed by atoms with Gasteiger partial charge in [-0.15, -0.1) is 36.2 Å². The van der Waals surface area contributed by atoms with Gasteiger partial charge in [0, 0.05) is 30.4 Å². The smallest absolute Gasteiger partial charge is 0.228 e. The van der Waals surface area contributed by atoms with Crippen LogP contribution in [0.1, 0.15) is 39.3 Å². The standard InChI is InChI=1S/C16H26N4O2S.2ClH/c1-4-7-20(13-5-6-17-9-13)14(21)8-12-10-23-16(18-12)19-15(22)11(2)3;;/h10-11,13,17H,4-9H2,1-3H3,(H,18,19,22);2*1H. The first kappa shape index (κ1) is 24.1. The van der Waals surface area contributed by atoms with Crippen molar-refractivity contribution in [3.8, 4) is 0 Å². The zero-order valence-electron chi connectivity index (χ0n) is 14.9. The first-order valence-corrected chi connectivity index (χ1v) is 9.14. The Kier molecular flexibility index (Phi) is 11.3. The largest absolute Gasteiger partial charge is 0.338 e. The third kappa shape index (κ3) is 7.09. The van der Waals surface area contributed by atoms with Crippen LogP contribution in [0.4, 0.5) is 5.13 Å². The molecule has 0 aliphatic carbocycles. The van der Waals surface area contributed by atoms with Gasteiger partial charge < -0.3 is 15.5 Å². The molecule has 25 heavy (non-hydrogen) atoms. The topological polar surface area (TPSA) is 74.3 Å². The van der Waals surface area contributed by atoms with Crippen molar-refractivity contribution >= 4 is 53.1 Å². The molecule has 2 N–H and O–H groups in total. The van der Waals surface area contributed by atoms with Crippen LogP contribution in [0.25, 0.3) is 0 Å². The normalized spacial score (nSPS) is 16.1. The summed E-state index contributed by atoms with van der Waals surface area (Å²) in [4.78, 5) is 30.6. The van der Waals surface area contributed by atoms with E-state index in [2.05, 4.69) is 22.5 Å². The number of rotatable bonds is 7. The number of thiazole rings is 1. The van der Waals surface area contributed by atoms with Crippen LogP contribution in [-0.4, -0.2) is 47.4 Å². The first-order chi connectivity index (χ1) is 11.0. The van der Waals surface area contributed by atoms with Crippen molar-refractivity contribution in [3.05, 3.63) is 11.1 Å². The molecule has 9 heteroatoms. The number of carbonyl (C=O) groups is 2. The van der Waals surface area contributed by atoms with E-state index in [9.17, 15) is 9.59 Å². The number of nitrogens with zero attached hydrogens (tertiary/aromatic N) is 2. The lowest BCUT2D eigenvalue weighted by Gasteiger charge is -2.28. The maximum absolute atomic E-state index is 12.6. The Hall–Kier alpha value is -0.890. The van der Waals surface area contributed by atoms with Gasteiger partial charge in [0.05, 0.1) is 12.1 Å². The fraction of sp³-hybridized carbons (Fsp3) is 0.688. The fourth-order valence-corrected chi connectivity index (χ4v) is 3.32. The molecule has 0 aromatic carbocycles. The van der Waals surface area contributed by atoms with Crippen molar-refractivity contribution in [2.75, 3.05) is 25.0 Å². The number of anilines is 1. The van der Waals surface area contributed by atoms with E-state index in [-0.39, 0.29) is 42.5 Å². The lowest BCUT2D eigenvalue weighted by Crippen LogP contribution is -2.42. The monoisotopic (exact) mass is 410 g/mol. The molecule has 1 atom stereocenters. The second kappa shape index (κ2) is 11.7. The molecule has 0 saturated carbocycles. The maximum atomic E-state index is 12.6. The summed E-state index contributed by atoms with van der Waals surface area (Å²) in [7, 11) is 0. The quantitative estimate of drug-likeness (QED) is 0.724. The second-order valence-corrected chi connectivity index (χ2v) is 7.06. The molecule has 2 rings (SSSR count). The summed E-state index contributed by atoms with van der Waals surface area (Å²) >= 11 is 1.37. The molecule has 144 valence electrons. The highest BCUT2D eigenvalue weighted by molar-refractivity contribution is 7.13. The molecule has 1 aliphatic heterocycles. The van der Waals surface area contributed by atoms with Crippen molar-refractivity contribution in [1.82, 2.24) is 15.2 Å². The minimum absolute atomic E-state index is 0. The van der Waals surface area contributed by atoms with Gasteiger partial charge in [0.2, 0.25) is 11.8 Å². The minimum Gasteiger partial charge on any atom is -0.338 e. The first-order valence-electron chi connectivity index (χ1n) is 8.26. The lowest BCUT2D eigenvalue weighted by molar-refractivity contribution is -0.132. The van der Waals surface area contributed by atoms with Crippen molar-refractivity contribution in [2.45, 2.75) is 46.1 Å². The molecule has 1 saturated heterocycles. The van der Waals surface area contributed by atoms with Gasteiger partial charge in [-0.1, -0.05) is 20.8 Å². The summed E-state index contributed by atoms with van der Waals surface area (Å²) < 4.78 is 0. The number of aromatic nitrogens is 1. The van der Waals surface area contributed by atoms with Crippen LogP contribution in [0.2, 0.25) is 0 Å². The maximum Gasteiger partial charge on any atom is 0.228 e. The second-order valence-electron chi connectivity index (χ2n) is 6.20. The molecule has 1 fully saturated rings. The van der Waals surface area contributed by atoms with Gasteiger partial charge >= 0.3 is 0 Å². The summed E-state index contributed by atoms with van der Waals surface area (Å²) in [6, 6.07) is 0.293. The SMILES string of the molecule is CCCN(C(=O)Cc1csc(NC(=O)C(C)C)n1)C1CCNC1.Cl.Cl. The van der Waals surface area contributed by atoms with Crippen LogP contribution in [-0.2, 0) is 16.0 Å². The van der Waals surface area contributed by atoms with E-state index in [4.69, 9.17) is 0 Å². The Balaban J connectivity index is 0.00000288. The molecule has 6 nitrogen and oxygen atoms in total. The van der Waals surface area contributed by atoms with Gasteiger partial charge in [0.25, 0.3) is 0 Å². The Morgan fingerprint density at radius 1 is 1.44 bits per heavy atom. The summed E-state index contributed by atoms with van der Waals surface area (Å²) in [5.74, 6) is -0.0200. The Bertz CT molecular complexity index is 548. The van der Waals surface area contributed by atoms with E-state index in [1.165, 1.54) is 11.3 Å². The van der Waals surface area contributed by atoms with Crippen LogP contribution >= 0.6 is 36.2 Å². The highest BCUT2D eigenvalue weighted by atomic mass is 35.5. The van der Waals surface area contributed by atoms with Gasteiger partial charge in [-0.05, 0) is 19.4 Å². The lowest BCUT2D eigenvalue weighted by atomic mass is 10.2. The van der Waals surface area contributed by atoms with Gasteiger partial charge in [-0.2, -0.15) is 0 Å². The molecular weight excluding hydrogens is 383 g/mol. The van der Waals surface area contributed by atoms with E-state index in [0.717, 1.165) is 38.2 Å². The molecular formula is C16H28Cl2N4O2S. The van der Waals surface area contributed by atoms with Crippen LogP contribution in [0.5, 0.6) is 0 Å². The molecule has 1 aromatic heterocycles. The summed E-state index contributed by atoms with van der Waals surface area (Å²) in [5, 5.41) is 8.51. The summed E-state index contributed by atoms with van der Waals surface area (Å²) in [5.41, 5.74) is 0.728. The number of nitrogens with one attached hydrogen (secondary N) is 2. The van der Waals surface area contributed by atoms with Crippen LogP contribution in [0.3, 0.4) is 0 Å². The molecule has 0 bridgehead atoms. The Morgan fingerprint density at radius 2 is 2.16 bits per heavy atom. The number of amides is 2. The molecule has 1 aromatic rings. The average Bonchev–Trinajstić information content (AvgIpc) is 3.16. The highest BCUT2D eigenvalue weighted by Gasteiger charge is 2.26. The van der Waals surface area contributed by atoms with E-state index in [1.807, 2.05) is 24.1 Å². The zero-order chi connectivity index (χ0) is 16.8. The molecule has 1 unspecified atom stereocenters. The average molecular weight is 411 g/mol. The van der Waals surface area contributed by atoms with Gasteiger partial charge in [0.15, 0.2) is 5.13 Å². The van der Waals surface area contributed by atoms with Crippen molar-refractivity contribution in [3.63, 3.8) is 0 Å². The molecule has 1 aliphatic rings. The van der Waals surface area contributed by atoms with Gasteiger partial charge in [-0.3, -0.25) is 9.59 Å². The van der Waals surface area contributed by atoms with Crippen LogP contribution in [0.15, 0.2) is 5.38 Å². The van der Waals surface area contributed by atoms with E-state index < -0.39 is 0 Å². The predicted molar refractivity (Wildman–Crippen MR) is 107 cm³/mol. The highest BCUT2D eigenvalue weighted by Crippen LogP contribution is 2.18. The Morgan fingerprint density at radius 3 is 2.72 bits per heavy atom. The van der Waals surface area contributed by atoms with Gasteiger partial charge in [0.1, 0.15) is 0 Å². The summed E-state index contributed by atoms with van der Waals surface area (Å²) in [6.45, 7) is 8.40. The van der Waals surface area contributed by atoms with Gasteiger partial charge in [-0.25, -0.2) is 4.98 Å². The number of hydrogen-bond acceptors (Lipinski definition) is 5. The van der Waals surface area contributed by atoms with E-state index >= 15 is 0 Å². The minimum atomic E-state index is -0.0844. The van der Waals surface area contributed by atoms with E-state index in [0.29, 0.717) is 17.6 Å². The van der Waals surface area contributed by atoms with E-state index in [1.54, 1.807) is 0 Å². The van der Waals surface area contributed by atoms with Crippen molar-refractivity contribution in [2.24, 2.45) is 5.92 Å². The summed E-state index contributed by atoms with van der Waals surface area (Å²) in [6.07, 6.45) is 2.26. The Labute approximate surface area is 166 Å². The molecule has 2 amide bonds. The zero-order valence-corrected chi connectivity index (χ0v) is 17.4. The molecule has 2 heterocycles.